The number of fused-ring (bicyclic) bond motifs is 5. The third-order valence-corrected chi connectivity index (χ3v) is 5.09. The highest BCUT2D eigenvalue weighted by molar-refractivity contribution is 6.08. The van der Waals surface area contributed by atoms with Gasteiger partial charge in [-0.1, -0.05) is 12.2 Å². The van der Waals surface area contributed by atoms with Crippen LogP contribution in [-0.4, -0.2) is 16.7 Å². The van der Waals surface area contributed by atoms with Crippen molar-refractivity contribution in [2.45, 2.75) is 19.9 Å². The monoisotopic (exact) mass is 257 g/mol. The van der Waals surface area contributed by atoms with Crippen LogP contribution in [0.5, 0.6) is 0 Å². The summed E-state index contributed by atoms with van der Waals surface area (Å²) in [5, 5.41) is 0. The van der Waals surface area contributed by atoms with Crippen LogP contribution in [0.1, 0.15) is 19.1 Å². The molecule has 1 aromatic heterocycles. The molecule has 98 valence electrons. The van der Waals surface area contributed by atoms with Gasteiger partial charge in [0.25, 0.3) is 0 Å². The van der Waals surface area contributed by atoms with E-state index in [0.29, 0.717) is 5.76 Å². The summed E-state index contributed by atoms with van der Waals surface area (Å²) in [6, 6.07) is 3.57. The van der Waals surface area contributed by atoms with Gasteiger partial charge in [-0.25, -0.2) is 0 Å². The van der Waals surface area contributed by atoms with E-state index in [1.165, 1.54) is 4.90 Å². The standard InChI is InChI=1S/C15H15NO3/c1-15-10-5-4-9(7-10)12(15)13(17)16(14(15)18)8-11-3-2-6-19-11/h2-6,9-10,12H,7-8H2,1H3/t9-,10-,12-,15+/m0/s1. The highest BCUT2D eigenvalue weighted by atomic mass is 16.3. The van der Waals surface area contributed by atoms with E-state index in [1.54, 1.807) is 18.4 Å². The number of hydrogen-bond donors (Lipinski definition) is 0. The van der Waals surface area contributed by atoms with E-state index >= 15 is 0 Å². The molecule has 1 saturated heterocycles. The number of furan rings is 1. The average Bonchev–Trinajstić information content (AvgIpc) is 3.12. The van der Waals surface area contributed by atoms with E-state index in [1.807, 2.05) is 6.92 Å². The van der Waals surface area contributed by atoms with Crippen molar-refractivity contribution < 1.29 is 14.0 Å². The molecule has 19 heavy (non-hydrogen) atoms. The van der Waals surface area contributed by atoms with Gasteiger partial charge in [-0.2, -0.15) is 0 Å². The lowest BCUT2D eigenvalue weighted by Gasteiger charge is -2.28. The minimum absolute atomic E-state index is 0.0271. The average molecular weight is 257 g/mol. The highest BCUT2D eigenvalue weighted by Gasteiger charge is 2.67. The first-order valence-corrected chi connectivity index (χ1v) is 6.69. The van der Waals surface area contributed by atoms with Crippen LogP contribution in [0, 0.1) is 23.2 Å². The maximum atomic E-state index is 12.7. The van der Waals surface area contributed by atoms with Crippen LogP contribution < -0.4 is 0 Å². The summed E-state index contributed by atoms with van der Waals surface area (Å²) >= 11 is 0. The van der Waals surface area contributed by atoms with Gasteiger partial charge in [-0.05, 0) is 37.3 Å². The molecule has 4 atom stereocenters. The number of nitrogens with zero attached hydrogens (tertiary/aromatic N) is 1. The zero-order chi connectivity index (χ0) is 13.2. The quantitative estimate of drug-likeness (QED) is 0.601. The summed E-state index contributed by atoms with van der Waals surface area (Å²) in [6.07, 6.45) is 6.74. The molecule has 4 nitrogen and oxygen atoms in total. The third-order valence-electron chi connectivity index (χ3n) is 5.09. The van der Waals surface area contributed by atoms with Gasteiger partial charge in [-0.3, -0.25) is 14.5 Å². The fraction of sp³-hybridized carbons (Fsp3) is 0.467. The van der Waals surface area contributed by atoms with Gasteiger partial charge in [0, 0.05) is 0 Å². The molecule has 2 fully saturated rings. The molecule has 1 aliphatic heterocycles. The van der Waals surface area contributed by atoms with Crippen LogP contribution in [0.3, 0.4) is 0 Å². The number of likely N-dealkylation sites (tertiary alicyclic amines) is 1. The molecule has 2 heterocycles. The summed E-state index contributed by atoms with van der Waals surface area (Å²) in [4.78, 5) is 26.6. The van der Waals surface area contributed by atoms with Crippen LogP contribution in [0.4, 0.5) is 0 Å². The lowest BCUT2D eigenvalue weighted by Crippen LogP contribution is -2.37. The molecule has 1 saturated carbocycles. The largest absolute Gasteiger partial charge is 0.467 e. The lowest BCUT2D eigenvalue weighted by atomic mass is 9.71. The minimum Gasteiger partial charge on any atom is -0.467 e. The summed E-state index contributed by atoms with van der Waals surface area (Å²) in [7, 11) is 0. The second kappa shape index (κ2) is 3.38. The molecule has 2 aliphatic carbocycles. The van der Waals surface area contributed by atoms with Gasteiger partial charge in [-0.15, -0.1) is 0 Å². The fourth-order valence-electron chi connectivity index (χ4n) is 4.09. The minimum atomic E-state index is -0.525. The van der Waals surface area contributed by atoms with Gasteiger partial charge in [0.15, 0.2) is 0 Å². The predicted octanol–water partition coefficient (Wildman–Crippen LogP) is 1.98. The molecule has 0 N–H and O–H groups in total. The number of amides is 2. The molecule has 0 spiro atoms. The number of hydrogen-bond acceptors (Lipinski definition) is 3. The summed E-state index contributed by atoms with van der Waals surface area (Å²) in [5.74, 6) is 0.903. The van der Waals surface area contributed by atoms with Gasteiger partial charge in [0.1, 0.15) is 5.76 Å². The van der Waals surface area contributed by atoms with E-state index in [9.17, 15) is 9.59 Å². The molecule has 1 aromatic rings. The molecule has 2 bridgehead atoms. The summed E-state index contributed by atoms with van der Waals surface area (Å²) < 4.78 is 5.25. The molecule has 0 aromatic carbocycles. The molecule has 0 unspecified atom stereocenters. The Labute approximate surface area is 111 Å². The molecule has 4 heteroatoms. The van der Waals surface area contributed by atoms with E-state index in [-0.39, 0.29) is 36.1 Å². The zero-order valence-corrected chi connectivity index (χ0v) is 10.7. The molecular weight excluding hydrogens is 242 g/mol. The van der Waals surface area contributed by atoms with Crippen molar-refractivity contribution in [1.82, 2.24) is 4.90 Å². The van der Waals surface area contributed by atoms with Crippen LogP contribution in [0.2, 0.25) is 0 Å². The van der Waals surface area contributed by atoms with Crippen LogP contribution >= 0.6 is 0 Å². The number of imide groups is 1. The number of carbonyl (C=O) groups excluding carboxylic acids is 2. The first kappa shape index (κ1) is 11.0. The summed E-state index contributed by atoms with van der Waals surface area (Å²) in [6.45, 7) is 2.21. The third kappa shape index (κ3) is 1.19. The first-order chi connectivity index (χ1) is 9.12. The second-order valence-electron chi connectivity index (χ2n) is 5.96. The zero-order valence-electron chi connectivity index (χ0n) is 10.7. The smallest absolute Gasteiger partial charge is 0.236 e. The molecular formula is C15H15NO3. The van der Waals surface area contributed by atoms with E-state index < -0.39 is 5.41 Å². The molecule has 4 rings (SSSR count). The van der Waals surface area contributed by atoms with Crippen molar-refractivity contribution in [3.05, 3.63) is 36.3 Å². The van der Waals surface area contributed by atoms with Crippen molar-refractivity contribution in [3.8, 4) is 0 Å². The Morgan fingerprint density at radius 3 is 2.95 bits per heavy atom. The van der Waals surface area contributed by atoms with E-state index in [4.69, 9.17) is 4.42 Å². The van der Waals surface area contributed by atoms with Gasteiger partial charge >= 0.3 is 0 Å². The SMILES string of the molecule is C[C@]12C(=O)N(Cc3ccco3)C(=O)[C@@H]1[C@H]1C=C[C@H]2C1. The Balaban J connectivity index is 1.70. The summed E-state index contributed by atoms with van der Waals surface area (Å²) in [5.41, 5.74) is -0.525. The Hall–Kier alpha value is -1.84. The van der Waals surface area contributed by atoms with Crippen LogP contribution in [0.15, 0.2) is 35.0 Å². The fourth-order valence-corrected chi connectivity index (χ4v) is 4.09. The maximum absolute atomic E-state index is 12.7. The van der Waals surface area contributed by atoms with E-state index in [0.717, 1.165) is 6.42 Å². The number of allylic oxidation sites excluding steroid dienone is 2. The van der Waals surface area contributed by atoms with Crippen molar-refractivity contribution in [2.75, 3.05) is 0 Å². The first-order valence-electron chi connectivity index (χ1n) is 6.69. The normalized spacial score (nSPS) is 39.4. The predicted molar refractivity (Wildman–Crippen MR) is 66.6 cm³/mol. The Morgan fingerprint density at radius 2 is 2.26 bits per heavy atom. The van der Waals surface area contributed by atoms with Crippen LogP contribution in [-0.2, 0) is 16.1 Å². The Kier molecular flexibility index (Phi) is 1.96. The van der Waals surface area contributed by atoms with Gasteiger partial charge in [0.2, 0.25) is 11.8 Å². The second-order valence-corrected chi connectivity index (χ2v) is 5.96. The molecule has 0 radical (unpaired) electrons. The van der Waals surface area contributed by atoms with E-state index in [2.05, 4.69) is 12.2 Å². The highest BCUT2D eigenvalue weighted by Crippen LogP contribution is 2.60. The molecule has 2 amide bonds. The lowest BCUT2D eigenvalue weighted by molar-refractivity contribution is -0.143. The Bertz CT molecular complexity index is 589. The van der Waals surface area contributed by atoms with Crippen molar-refractivity contribution >= 4 is 11.8 Å². The van der Waals surface area contributed by atoms with Crippen molar-refractivity contribution in [3.63, 3.8) is 0 Å². The van der Waals surface area contributed by atoms with Crippen molar-refractivity contribution in [1.29, 1.82) is 0 Å². The molecule has 3 aliphatic rings. The number of carbonyl (C=O) groups is 2. The van der Waals surface area contributed by atoms with Crippen LogP contribution in [0.25, 0.3) is 0 Å². The van der Waals surface area contributed by atoms with Gasteiger partial charge in [0.05, 0.1) is 24.1 Å². The number of rotatable bonds is 2. The Morgan fingerprint density at radius 1 is 1.42 bits per heavy atom. The van der Waals surface area contributed by atoms with Crippen molar-refractivity contribution in [2.24, 2.45) is 23.2 Å². The van der Waals surface area contributed by atoms with Gasteiger partial charge < -0.3 is 4.42 Å². The topological polar surface area (TPSA) is 50.5 Å². The maximum Gasteiger partial charge on any atom is 0.236 e.